The second kappa shape index (κ2) is 5.68. The third-order valence-electron chi connectivity index (χ3n) is 2.69. The number of hydrogen-bond donors (Lipinski definition) is 0. The zero-order valence-electron chi connectivity index (χ0n) is 10.9. The van der Waals surface area contributed by atoms with Gasteiger partial charge in [0.1, 0.15) is 16.6 Å². The van der Waals surface area contributed by atoms with Crippen LogP contribution >= 0.6 is 0 Å². The lowest BCUT2D eigenvalue weighted by Gasteiger charge is -2.08. The Hall–Kier alpha value is -1.25. The van der Waals surface area contributed by atoms with E-state index >= 15 is 0 Å². The van der Waals surface area contributed by atoms with Crippen LogP contribution in [0.4, 0.5) is 31.1 Å². The van der Waals surface area contributed by atoms with Crippen molar-refractivity contribution in [3.63, 3.8) is 0 Å². The minimum Gasteiger partial charge on any atom is -0.435 e. The second-order valence-corrected chi connectivity index (χ2v) is 8.37. The molecule has 0 heterocycles. The number of carbonyl (C=O) groups excluding carboxylic acids is 1. The van der Waals surface area contributed by atoms with Gasteiger partial charge in [-0.3, -0.25) is 0 Å². The van der Waals surface area contributed by atoms with Gasteiger partial charge < -0.3 is 9.47 Å². The fourth-order valence-electron chi connectivity index (χ4n) is 1.64. The fraction of sp³-hybridized carbons (Fsp3) is 0.875. The van der Waals surface area contributed by atoms with Gasteiger partial charge >= 0.3 is 17.2 Å². The van der Waals surface area contributed by atoms with Crippen molar-refractivity contribution in [1.82, 2.24) is 0 Å². The highest BCUT2D eigenvalue weighted by Crippen LogP contribution is 2.49. The largest absolute Gasteiger partial charge is 0.508 e. The van der Waals surface area contributed by atoms with Gasteiger partial charge in [0.2, 0.25) is 0 Å². The van der Waals surface area contributed by atoms with Gasteiger partial charge in [0.05, 0.1) is 6.61 Å². The van der Waals surface area contributed by atoms with Crippen LogP contribution < -0.4 is 0 Å². The maximum atomic E-state index is 12.4. The van der Waals surface area contributed by atoms with Crippen molar-refractivity contribution in [3.05, 3.63) is 0 Å². The van der Waals surface area contributed by atoms with Gasteiger partial charge in [-0.25, -0.2) is 21.6 Å². The van der Waals surface area contributed by atoms with Crippen LogP contribution in [0, 0.1) is 0 Å². The predicted molar refractivity (Wildman–Crippen MR) is 59.4 cm³/mol. The summed E-state index contributed by atoms with van der Waals surface area (Å²) in [5.74, 6) is 0. The number of carbonyl (C=O) groups is 1. The number of sulfone groups is 2. The van der Waals surface area contributed by atoms with Crippen molar-refractivity contribution >= 4 is 25.8 Å². The number of alkyl halides is 6. The van der Waals surface area contributed by atoms with Crippen molar-refractivity contribution in [1.29, 1.82) is 0 Å². The van der Waals surface area contributed by atoms with Gasteiger partial charge in [0.15, 0.2) is 0 Å². The third kappa shape index (κ3) is 3.49. The molecule has 1 rings (SSSR count). The summed E-state index contributed by atoms with van der Waals surface area (Å²) in [5, 5.41) is -6.22. The first-order valence-electron chi connectivity index (χ1n) is 5.52. The van der Waals surface area contributed by atoms with Crippen molar-refractivity contribution in [2.24, 2.45) is 0 Å². The standard InChI is InChI=1S/C8H8F6O7S2/c1-2-20-6(15)21-3-4(22(16,17)7(9,10)11)5(3)23(18,19)8(12,13)14/h3-5H,2H2,1H3. The Bertz CT molecular complexity index is 627. The molecule has 0 radical (unpaired) electrons. The van der Waals surface area contributed by atoms with Crippen LogP contribution in [0.3, 0.4) is 0 Å². The normalized spacial score (nSPS) is 25.8. The average molecular weight is 394 g/mol. The molecule has 0 aliphatic heterocycles. The zero-order chi connectivity index (χ0) is 18.4. The lowest BCUT2D eigenvalue weighted by Crippen LogP contribution is -2.34. The molecule has 7 nitrogen and oxygen atoms in total. The van der Waals surface area contributed by atoms with E-state index in [0.717, 1.165) is 0 Å². The molecule has 1 fully saturated rings. The molecule has 0 spiro atoms. The quantitative estimate of drug-likeness (QED) is 0.520. The van der Waals surface area contributed by atoms with E-state index in [1.54, 1.807) is 0 Å². The predicted octanol–water partition coefficient (Wildman–Crippen LogP) is 1.15. The molecule has 0 aromatic carbocycles. The number of halogens is 6. The van der Waals surface area contributed by atoms with Gasteiger partial charge in [-0.15, -0.1) is 0 Å². The summed E-state index contributed by atoms with van der Waals surface area (Å²) in [6.45, 7) is 0.820. The Kier molecular flexibility index (Phi) is 4.89. The highest BCUT2D eigenvalue weighted by atomic mass is 32.2. The van der Waals surface area contributed by atoms with Gasteiger partial charge in [0.25, 0.3) is 19.7 Å². The van der Waals surface area contributed by atoms with Gasteiger partial charge in [0, 0.05) is 0 Å². The van der Waals surface area contributed by atoms with E-state index in [1.807, 2.05) is 0 Å². The molecule has 15 heteroatoms. The van der Waals surface area contributed by atoms with Gasteiger partial charge in [-0.05, 0) is 6.92 Å². The number of rotatable bonds is 4. The molecule has 136 valence electrons. The van der Waals surface area contributed by atoms with E-state index in [9.17, 15) is 48.0 Å². The van der Waals surface area contributed by atoms with E-state index in [1.165, 1.54) is 6.92 Å². The summed E-state index contributed by atoms with van der Waals surface area (Å²) in [4.78, 5) is 10.9. The Morgan fingerprint density at radius 1 is 0.913 bits per heavy atom. The van der Waals surface area contributed by atoms with E-state index in [2.05, 4.69) is 9.47 Å². The Balaban J connectivity index is 3.24. The highest BCUT2D eigenvalue weighted by molar-refractivity contribution is 7.98. The number of hydrogen-bond acceptors (Lipinski definition) is 7. The monoisotopic (exact) mass is 394 g/mol. The first-order valence-corrected chi connectivity index (χ1v) is 8.62. The van der Waals surface area contributed by atoms with Gasteiger partial charge in [-0.1, -0.05) is 0 Å². The molecule has 0 bridgehead atoms. The summed E-state index contributed by atoms with van der Waals surface area (Å²) in [6.07, 6.45) is -4.47. The molecule has 0 N–H and O–H groups in total. The molecule has 0 saturated heterocycles. The summed E-state index contributed by atoms with van der Waals surface area (Å²) >= 11 is 0. The molecular formula is C8H8F6O7S2. The van der Waals surface area contributed by atoms with E-state index < -0.39 is 53.5 Å². The van der Waals surface area contributed by atoms with Crippen LogP contribution in [0.5, 0.6) is 0 Å². The van der Waals surface area contributed by atoms with Crippen molar-refractivity contribution < 1.29 is 57.4 Å². The minimum absolute atomic E-state index is 0.390. The zero-order valence-corrected chi connectivity index (χ0v) is 12.5. The number of ether oxygens (including phenoxy) is 2. The maximum Gasteiger partial charge on any atom is 0.508 e. The average Bonchev–Trinajstić information content (AvgIpc) is 3.01. The smallest absolute Gasteiger partial charge is 0.435 e. The summed E-state index contributed by atoms with van der Waals surface area (Å²) in [7, 11) is -12.6. The van der Waals surface area contributed by atoms with Crippen molar-refractivity contribution in [3.8, 4) is 0 Å². The van der Waals surface area contributed by atoms with Gasteiger partial charge in [-0.2, -0.15) is 26.3 Å². The Morgan fingerprint density at radius 2 is 1.26 bits per heavy atom. The summed E-state index contributed by atoms with van der Waals surface area (Å²) in [5.41, 5.74) is -12.0. The molecule has 23 heavy (non-hydrogen) atoms. The molecule has 1 aliphatic carbocycles. The minimum atomic E-state index is -6.32. The Morgan fingerprint density at radius 3 is 1.52 bits per heavy atom. The van der Waals surface area contributed by atoms with Crippen LogP contribution in [0.1, 0.15) is 6.92 Å². The first-order chi connectivity index (χ1) is 10.1. The van der Waals surface area contributed by atoms with E-state index in [4.69, 9.17) is 0 Å². The molecule has 0 amide bonds. The van der Waals surface area contributed by atoms with E-state index in [-0.39, 0.29) is 6.61 Å². The second-order valence-electron chi connectivity index (χ2n) is 4.18. The molecular weight excluding hydrogens is 386 g/mol. The Labute approximate surface area is 125 Å². The lowest BCUT2D eigenvalue weighted by molar-refractivity contribution is -0.0453. The molecule has 1 aliphatic rings. The van der Waals surface area contributed by atoms with E-state index in [0.29, 0.717) is 0 Å². The summed E-state index contributed by atoms with van der Waals surface area (Å²) in [6, 6.07) is 0. The molecule has 2 unspecified atom stereocenters. The maximum absolute atomic E-state index is 12.4. The summed E-state index contributed by atoms with van der Waals surface area (Å²) < 4.78 is 127. The first kappa shape index (κ1) is 19.8. The van der Waals surface area contributed by atoms with Crippen LogP contribution in [-0.2, 0) is 29.1 Å². The van der Waals surface area contributed by atoms with Crippen LogP contribution in [0.25, 0.3) is 0 Å². The van der Waals surface area contributed by atoms with Crippen LogP contribution in [0.2, 0.25) is 0 Å². The highest BCUT2D eigenvalue weighted by Gasteiger charge is 2.77. The molecule has 2 atom stereocenters. The third-order valence-corrected chi connectivity index (χ3v) is 6.71. The lowest BCUT2D eigenvalue weighted by atomic mass is 10.8. The SMILES string of the molecule is CCOC(=O)OC1C(S(=O)(=O)C(F)(F)F)C1S(=O)(=O)C(F)(F)F. The van der Waals surface area contributed by atoms with Crippen LogP contribution in [0.15, 0.2) is 0 Å². The topological polar surface area (TPSA) is 104 Å². The van der Waals surface area contributed by atoms with Crippen molar-refractivity contribution in [2.75, 3.05) is 6.61 Å². The fourth-order valence-corrected chi connectivity index (χ4v) is 5.23. The molecule has 1 saturated carbocycles. The molecule has 0 aromatic heterocycles. The molecule has 0 aromatic rings. The van der Waals surface area contributed by atoms with Crippen LogP contribution in [-0.4, -0.2) is 57.2 Å². The van der Waals surface area contributed by atoms with Crippen molar-refractivity contribution in [2.45, 2.75) is 34.5 Å².